The van der Waals surface area contributed by atoms with E-state index in [4.69, 9.17) is 9.52 Å². The van der Waals surface area contributed by atoms with E-state index in [2.05, 4.69) is 5.32 Å². The van der Waals surface area contributed by atoms with Crippen LogP contribution in [0.4, 0.5) is 0 Å². The summed E-state index contributed by atoms with van der Waals surface area (Å²) in [6.07, 6.45) is 2.47. The van der Waals surface area contributed by atoms with Gasteiger partial charge in [0.25, 0.3) is 5.91 Å². The molecule has 1 amide bonds. The highest BCUT2D eigenvalue weighted by Gasteiger charge is 2.31. The van der Waals surface area contributed by atoms with E-state index in [0.717, 1.165) is 6.26 Å². The molecule has 1 fully saturated rings. The zero-order valence-corrected chi connectivity index (χ0v) is 11.6. The Balaban J connectivity index is 1.99. The van der Waals surface area contributed by atoms with Gasteiger partial charge < -0.3 is 14.8 Å². The van der Waals surface area contributed by atoms with Gasteiger partial charge in [-0.25, -0.2) is 8.42 Å². The molecule has 0 aromatic carbocycles. The standard InChI is InChI=1S/C12H15NO6S/c1-20(17,18)10-5-4-9(19-10)11(14)13-8-3-2-7(6-8)12(15)16/h4-5,7-8H,2-3,6H2,1H3,(H,13,14)(H,15,16)/t7-,8+/m0/s1. The first-order valence-corrected chi connectivity index (χ1v) is 8.00. The van der Waals surface area contributed by atoms with Gasteiger partial charge in [0.15, 0.2) is 5.76 Å². The first-order chi connectivity index (χ1) is 9.27. The molecule has 8 heteroatoms. The van der Waals surface area contributed by atoms with Gasteiger partial charge in [0.2, 0.25) is 14.9 Å². The van der Waals surface area contributed by atoms with Crippen LogP contribution < -0.4 is 5.32 Å². The van der Waals surface area contributed by atoms with Gasteiger partial charge in [-0.05, 0) is 31.4 Å². The predicted octanol–water partition coefficient (Wildman–Crippen LogP) is 0.666. The highest BCUT2D eigenvalue weighted by Crippen LogP contribution is 2.26. The van der Waals surface area contributed by atoms with Crippen LogP contribution in [0.5, 0.6) is 0 Å². The van der Waals surface area contributed by atoms with Gasteiger partial charge in [-0.3, -0.25) is 9.59 Å². The summed E-state index contributed by atoms with van der Waals surface area (Å²) >= 11 is 0. The zero-order valence-electron chi connectivity index (χ0n) is 10.8. The number of amides is 1. The summed E-state index contributed by atoms with van der Waals surface area (Å²) in [6.45, 7) is 0. The molecule has 20 heavy (non-hydrogen) atoms. The number of nitrogens with one attached hydrogen (secondary N) is 1. The van der Waals surface area contributed by atoms with Crippen molar-refractivity contribution in [2.45, 2.75) is 30.4 Å². The first kappa shape index (κ1) is 14.6. The third kappa shape index (κ3) is 3.19. The number of aliphatic carboxylic acids is 1. The van der Waals surface area contributed by atoms with Crippen LogP contribution in [-0.2, 0) is 14.6 Å². The summed E-state index contributed by atoms with van der Waals surface area (Å²) < 4.78 is 27.5. The van der Waals surface area contributed by atoms with Crippen molar-refractivity contribution in [3.8, 4) is 0 Å². The number of carbonyl (C=O) groups excluding carboxylic acids is 1. The Labute approximate surface area is 115 Å². The molecule has 0 unspecified atom stereocenters. The molecule has 1 aliphatic rings. The Hall–Kier alpha value is -1.83. The number of carboxylic acid groups (broad SMARTS) is 1. The van der Waals surface area contributed by atoms with E-state index in [0.29, 0.717) is 19.3 Å². The van der Waals surface area contributed by atoms with E-state index in [1.165, 1.54) is 12.1 Å². The smallest absolute Gasteiger partial charge is 0.306 e. The lowest BCUT2D eigenvalue weighted by molar-refractivity contribution is -0.141. The molecule has 0 aliphatic heterocycles. The molecule has 0 saturated heterocycles. The minimum atomic E-state index is -3.49. The second-order valence-electron chi connectivity index (χ2n) is 4.91. The van der Waals surface area contributed by atoms with Crippen LogP contribution in [0.2, 0.25) is 0 Å². The number of carbonyl (C=O) groups is 2. The molecular weight excluding hydrogens is 286 g/mol. The number of sulfone groups is 1. The molecule has 1 aromatic rings. The molecule has 1 aliphatic carbocycles. The van der Waals surface area contributed by atoms with Crippen molar-refractivity contribution in [1.29, 1.82) is 0 Å². The average molecular weight is 301 g/mol. The van der Waals surface area contributed by atoms with Crippen molar-refractivity contribution in [2.24, 2.45) is 5.92 Å². The van der Waals surface area contributed by atoms with Crippen molar-refractivity contribution in [2.75, 3.05) is 6.26 Å². The quantitative estimate of drug-likeness (QED) is 0.844. The summed E-state index contributed by atoms with van der Waals surface area (Å²) in [6, 6.07) is 2.28. The molecule has 2 rings (SSSR count). The number of carboxylic acids is 1. The molecule has 1 saturated carbocycles. The minimum absolute atomic E-state index is 0.0933. The summed E-state index contributed by atoms with van der Waals surface area (Å²) in [4.78, 5) is 22.7. The first-order valence-electron chi connectivity index (χ1n) is 6.11. The maximum Gasteiger partial charge on any atom is 0.306 e. The Kier molecular flexibility index (Phi) is 3.85. The fourth-order valence-electron chi connectivity index (χ4n) is 2.23. The van der Waals surface area contributed by atoms with Gasteiger partial charge in [0.1, 0.15) is 0 Å². The van der Waals surface area contributed by atoms with Crippen molar-refractivity contribution >= 4 is 21.7 Å². The molecule has 0 spiro atoms. The largest absolute Gasteiger partial charge is 0.481 e. The predicted molar refractivity (Wildman–Crippen MR) is 68.0 cm³/mol. The van der Waals surface area contributed by atoms with Gasteiger partial charge in [0.05, 0.1) is 5.92 Å². The SMILES string of the molecule is CS(=O)(=O)c1ccc(C(=O)N[C@@H]2CC[C@H](C(=O)O)C2)o1. The van der Waals surface area contributed by atoms with Crippen LogP contribution in [0.15, 0.2) is 21.6 Å². The second-order valence-corrected chi connectivity index (χ2v) is 6.86. The summed E-state index contributed by atoms with van der Waals surface area (Å²) in [5.74, 6) is -1.93. The van der Waals surface area contributed by atoms with Gasteiger partial charge in [0, 0.05) is 12.3 Å². The van der Waals surface area contributed by atoms with Crippen LogP contribution in [0, 0.1) is 5.92 Å². The van der Waals surface area contributed by atoms with Crippen molar-refractivity contribution in [3.63, 3.8) is 0 Å². The maximum absolute atomic E-state index is 11.9. The third-order valence-corrected chi connectivity index (χ3v) is 4.24. The van der Waals surface area contributed by atoms with Crippen LogP contribution in [0.1, 0.15) is 29.8 Å². The van der Waals surface area contributed by atoms with Gasteiger partial charge in [-0.2, -0.15) is 0 Å². The van der Waals surface area contributed by atoms with Gasteiger partial charge in [-0.1, -0.05) is 0 Å². The second kappa shape index (κ2) is 5.28. The summed E-state index contributed by atoms with van der Waals surface area (Å²) in [5.41, 5.74) is 0. The van der Waals surface area contributed by atoms with Crippen molar-refractivity contribution < 1.29 is 27.5 Å². The van der Waals surface area contributed by atoms with Crippen LogP contribution in [0.25, 0.3) is 0 Å². The Morgan fingerprint density at radius 1 is 1.35 bits per heavy atom. The Morgan fingerprint density at radius 2 is 2.05 bits per heavy atom. The maximum atomic E-state index is 11.9. The van der Waals surface area contributed by atoms with Crippen LogP contribution >= 0.6 is 0 Å². The zero-order chi connectivity index (χ0) is 14.9. The lowest BCUT2D eigenvalue weighted by Crippen LogP contribution is -2.33. The highest BCUT2D eigenvalue weighted by atomic mass is 32.2. The number of rotatable bonds is 4. The lowest BCUT2D eigenvalue weighted by Gasteiger charge is -2.10. The molecule has 2 atom stereocenters. The molecule has 1 heterocycles. The number of hydrogen-bond acceptors (Lipinski definition) is 5. The Morgan fingerprint density at radius 3 is 2.55 bits per heavy atom. The van der Waals surface area contributed by atoms with Gasteiger partial charge in [-0.15, -0.1) is 0 Å². The minimum Gasteiger partial charge on any atom is -0.481 e. The third-order valence-electron chi connectivity index (χ3n) is 3.29. The van der Waals surface area contributed by atoms with E-state index in [1.54, 1.807) is 0 Å². The highest BCUT2D eigenvalue weighted by molar-refractivity contribution is 7.90. The normalized spacial score (nSPS) is 22.6. The fourth-order valence-corrected chi connectivity index (χ4v) is 2.79. The monoisotopic (exact) mass is 301 g/mol. The van der Waals surface area contributed by atoms with E-state index in [1.807, 2.05) is 0 Å². The van der Waals surface area contributed by atoms with E-state index in [-0.39, 0.29) is 16.9 Å². The molecule has 2 N–H and O–H groups in total. The molecular formula is C12H15NO6S. The summed E-state index contributed by atoms with van der Waals surface area (Å²) in [7, 11) is -3.49. The van der Waals surface area contributed by atoms with E-state index in [9.17, 15) is 18.0 Å². The topological polar surface area (TPSA) is 114 Å². The van der Waals surface area contributed by atoms with Crippen molar-refractivity contribution in [3.05, 3.63) is 17.9 Å². The summed E-state index contributed by atoms with van der Waals surface area (Å²) in [5, 5.41) is 11.3. The molecule has 1 aromatic heterocycles. The Bertz CT molecular complexity index is 632. The molecule has 7 nitrogen and oxygen atoms in total. The van der Waals surface area contributed by atoms with E-state index >= 15 is 0 Å². The van der Waals surface area contributed by atoms with Crippen LogP contribution in [0.3, 0.4) is 0 Å². The number of furan rings is 1. The lowest BCUT2D eigenvalue weighted by atomic mass is 10.1. The van der Waals surface area contributed by atoms with E-state index < -0.39 is 27.6 Å². The number of hydrogen-bond donors (Lipinski definition) is 2. The molecule has 0 radical (unpaired) electrons. The molecule has 110 valence electrons. The fraction of sp³-hybridized carbons (Fsp3) is 0.500. The van der Waals surface area contributed by atoms with Gasteiger partial charge >= 0.3 is 5.97 Å². The average Bonchev–Trinajstić information content (AvgIpc) is 2.95. The van der Waals surface area contributed by atoms with Crippen LogP contribution in [-0.4, -0.2) is 37.7 Å². The molecule has 0 bridgehead atoms. The van der Waals surface area contributed by atoms with Crippen molar-refractivity contribution in [1.82, 2.24) is 5.32 Å².